The molecule has 0 aliphatic carbocycles. The Morgan fingerprint density at radius 1 is 1.29 bits per heavy atom. The van der Waals surface area contributed by atoms with E-state index >= 15 is 0 Å². The van der Waals surface area contributed by atoms with E-state index in [1.807, 2.05) is 30.3 Å². The van der Waals surface area contributed by atoms with Gasteiger partial charge in [0.1, 0.15) is 6.04 Å². The van der Waals surface area contributed by atoms with Gasteiger partial charge in [0.2, 0.25) is 5.91 Å². The summed E-state index contributed by atoms with van der Waals surface area (Å²) in [5, 5.41) is 12.1. The number of rotatable bonds is 8. The lowest BCUT2D eigenvalue weighted by molar-refractivity contribution is -0.123. The number of aliphatic hydroxyl groups excluding tert-OH is 1. The number of amides is 1. The largest absolute Gasteiger partial charge is 0.396 e. The van der Waals surface area contributed by atoms with E-state index in [9.17, 15) is 9.90 Å². The molecular formula is C16H27ClN2O2. The van der Waals surface area contributed by atoms with Gasteiger partial charge in [-0.2, -0.15) is 0 Å². The zero-order valence-electron chi connectivity index (χ0n) is 12.8. The quantitative estimate of drug-likeness (QED) is 0.689. The number of benzene rings is 1. The smallest absolute Gasteiger partial charge is 0.241 e. The van der Waals surface area contributed by atoms with Gasteiger partial charge in [-0.25, -0.2) is 0 Å². The van der Waals surface area contributed by atoms with Crippen molar-refractivity contribution in [1.82, 2.24) is 5.32 Å². The summed E-state index contributed by atoms with van der Waals surface area (Å²) in [6.07, 6.45) is 2.54. The van der Waals surface area contributed by atoms with E-state index in [2.05, 4.69) is 19.2 Å². The van der Waals surface area contributed by atoms with Gasteiger partial charge in [0.05, 0.1) is 0 Å². The van der Waals surface area contributed by atoms with Crippen LogP contribution < -0.4 is 11.1 Å². The molecule has 1 atom stereocenters. The van der Waals surface area contributed by atoms with Crippen LogP contribution in [-0.4, -0.2) is 24.2 Å². The normalized spacial score (nSPS) is 12.4. The summed E-state index contributed by atoms with van der Waals surface area (Å²) in [7, 11) is 0. The van der Waals surface area contributed by atoms with Crippen LogP contribution in [0.5, 0.6) is 0 Å². The van der Waals surface area contributed by atoms with Crippen LogP contribution in [0.2, 0.25) is 0 Å². The number of nitrogens with one attached hydrogen (secondary N) is 1. The van der Waals surface area contributed by atoms with Crippen LogP contribution in [-0.2, 0) is 4.79 Å². The number of hydrogen-bond donors (Lipinski definition) is 3. The highest BCUT2D eigenvalue weighted by Crippen LogP contribution is 2.29. The molecule has 0 spiro atoms. The lowest BCUT2D eigenvalue weighted by Crippen LogP contribution is -2.41. The van der Waals surface area contributed by atoms with Crippen molar-refractivity contribution in [3.8, 4) is 0 Å². The topological polar surface area (TPSA) is 75.3 Å². The van der Waals surface area contributed by atoms with Crippen LogP contribution in [0.4, 0.5) is 0 Å². The monoisotopic (exact) mass is 314 g/mol. The number of nitrogens with two attached hydrogens (primary N) is 1. The molecule has 4 N–H and O–H groups in total. The van der Waals surface area contributed by atoms with Crippen molar-refractivity contribution in [3.05, 3.63) is 35.9 Å². The third-order valence-electron chi connectivity index (χ3n) is 4.22. The molecule has 0 radical (unpaired) electrons. The van der Waals surface area contributed by atoms with Crippen LogP contribution in [0.15, 0.2) is 30.3 Å². The molecule has 120 valence electrons. The van der Waals surface area contributed by atoms with Gasteiger partial charge in [-0.1, -0.05) is 44.2 Å². The predicted molar refractivity (Wildman–Crippen MR) is 88.3 cm³/mol. The summed E-state index contributed by atoms with van der Waals surface area (Å²) in [5.74, 6) is -0.166. The third kappa shape index (κ3) is 5.65. The van der Waals surface area contributed by atoms with E-state index in [-0.39, 0.29) is 30.3 Å². The first-order valence-electron chi connectivity index (χ1n) is 7.27. The standard InChI is InChI=1S/C16H26N2O2.ClH/c1-3-16(4-2,10-11-19)12-18-15(20)14(17)13-8-6-5-7-9-13;/h5-9,14,19H,3-4,10-12,17H2,1-2H3,(H,18,20);1H. The lowest BCUT2D eigenvalue weighted by Gasteiger charge is -2.31. The second kappa shape index (κ2) is 9.77. The fraction of sp³-hybridized carbons (Fsp3) is 0.562. The minimum Gasteiger partial charge on any atom is -0.396 e. The second-order valence-electron chi connectivity index (χ2n) is 5.29. The molecule has 1 amide bonds. The highest BCUT2D eigenvalue weighted by Gasteiger charge is 2.27. The molecule has 0 saturated heterocycles. The summed E-state index contributed by atoms with van der Waals surface area (Å²) < 4.78 is 0. The maximum absolute atomic E-state index is 12.1. The maximum atomic E-state index is 12.1. The Morgan fingerprint density at radius 2 is 1.86 bits per heavy atom. The fourth-order valence-corrected chi connectivity index (χ4v) is 2.38. The first-order chi connectivity index (χ1) is 9.58. The fourth-order valence-electron chi connectivity index (χ4n) is 2.38. The van der Waals surface area contributed by atoms with Gasteiger partial charge in [0.25, 0.3) is 0 Å². The van der Waals surface area contributed by atoms with E-state index in [0.29, 0.717) is 13.0 Å². The number of carbonyl (C=O) groups is 1. The number of aliphatic hydroxyl groups is 1. The molecule has 0 aliphatic heterocycles. The van der Waals surface area contributed by atoms with E-state index < -0.39 is 6.04 Å². The Hall–Kier alpha value is -1.10. The molecule has 4 nitrogen and oxygen atoms in total. The van der Waals surface area contributed by atoms with Gasteiger partial charge < -0.3 is 16.2 Å². The van der Waals surface area contributed by atoms with E-state index in [0.717, 1.165) is 18.4 Å². The van der Waals surface area contributed by atoms with Gasteiger partial charge in [0.15, 0.2) is 0 Å². The Morgan fingerprint density at radius 3 is 2.33 bits per heavy atom. The van der Waals surface area contributed by atoms with Crippen molar-refractivity contribution in [3.63, 3.8) is 0 Å². The molecule has 1 rings (SSSR count). The second-order valence-corrected chi connectivity index (χ2v) is 5.29. The Bertz CT molecular complexity index is 408. The van der Waals surface area contributed by atoms with Gasteiger partial charge in [-0.05, 0) is 30.2 Å². The zero-order valence-corrected chi connectivity index (χ0v) is 13.7. The first kappa shape index (κ1) is 19.9. The van der Waals surface area contributed by atoms with Crippen LogP contribution in [0.1, 0.15) is 44.7 Å². The predicted octanol–water partition coefficient (Wildman–Crippen LogP) is 2.41. The summed E-state index contributed by atoms with van der Waals surface area (Å²) in [6, 6.07) is 8.70. The van der Waals surface area contributed by atoms with Crippen LogP contribution in [0, 0.1) is 5.41 Å². The minimum absolute atomic E-state index is 0. The van der Waals surface area contributed by atoms with Crippen molar-refractivity contribution < 1.29 is 9.90 Å². The summed E-state index contributed by atoms with van der Waals surface area (Å²) in [5.41, 5.74) is 6.73. The molecule has 0 heterocycles. The van der Waals surface area contributed by atoms with Gasteiger partial charge >= 0.3 is 0 Å². The Labute approximate surface area is 133 Å². The molecular weight excluding hydrogens is 288 g/mol. The SMILES string of the molecule is CCC(CC)(CCO)CNC(=O)C(N)c1ccccc1.Cl. The Balaban J connectivity index is 0.00000400. The van der Waals surface area contributed by atoms with E-state index in [4.69, 9.17) is 5.73 Å². The van der Waals surface area contributed by atoms with Gasteiger partial charge in [-0.15, -0.1) is 12.4 Å². The van der Waals surface area contributed by atoms with Crippen molar-refractivity contribution in [1.29, 1.82) is 0 Å². The summed E-state index contributed by atoms with van der Waals surface area (Å²) in [4.78, 5) is 12.1. The number of hydrogen-bond acceptors (Lipinski definition) is 3. The average Bonchev–Trinajstić information content (AvgIpc) is 2.51. The molecule has 1 unspecified atom stereocenters. The molecule has 0 bridgehead atoms. The number of carbonyl (C=O) groups excluding carboxylic acids is 1. The highest BCUT2D eigenvalue weighted by atomic mass is 35.5. The molecule has 0 aliphatic rings. The average molecular weight is 315 g/mol. The minimum atomic E-state index is -0.642. The van der Waals surface area contributed by atoms with Gasteiger partial charge in [0, 0.05) is 13.2 Å². The molecule has 1 aromatic rings. The molecule has 0 aromatic heterocycles. The highest BCUT2D eigenvalue weighted by molar-refractivity contribution is 5.85. The third-order valence-corrected chi connectivity index (χ3v) is 4.22. The van der Waals surface area contributed by atoms with Crippen molar-refractivity contribution in [2.24, 2.45) is 11.1 Å². The van der Waals surface area contributed by atoms with E-state index in [1.165, 1.54) is 0 Å². The first-order valence-corrected chi connectivity index (χ1v) is 7.27. The molecule has 5 heteroatoms. The van der Waals surface area contributed by atoms with Crippen LogP contribution in [0.3, 0.4) is 0 Å². The van der Waals surface area contributed by atoms with E-state index in [1.54, 1.807) is 0 Å². The van der Waals surface area contributed by atoms with Crippen LogP contribution >= 0.6 is 12.4 Å². The Kier molecular flexibility index (Phi) is 9.26. The molecule has 21 heavy (non-hydrogen) atoms. The molecule has 1 aromatic carbocycles. The van der Waals surface area contributed by atoms with Crippen molar-refractivity contribution >= 4 is 18.3 Å². The maximum Gasteiger partial charge on any atom is 0.241 e. The molecule has 0 saturated carbocycles. The van der Waals surface area contributed by atoms with Gasteiger partial charge in [-0.3, -0.25) is 4.79 Å². The molecule has 0 fully saturated rings. The van der Waals surface area contributed by atoms with Crippen molar-refractivity contribution in [2.45, 2.75) is 39.2 Å². The van der Waals surface area contributed by atoms with Crippen molar-refractivity contribution in [2.75, 3.05) is 13.2 Å². The summed E-state index contributed by atoms with van der Waals surface area (Å²) in [6.45, 7) is 4.87. The zero-order chi connectivity index (χ0) is 15.0. The lowest BCUT2D eigenvalue weighted by atomic mass is 9.79. The number of halogens is 1. The van der Waals surface area contributed by atoms with Crippen LogP contribution in [0.25, 0.3) is 0 Å². The summed E-state index contributed by atoms with van der Waals surface area (Å²) >= 11 is 0.